The average Bonchev–Trinajstić information content (AvgIpc) is 2.35. The van der Waals surface area contributed by atoms with Crippen molar-refractivity contribution in [2.75, 3.05) is 6.61 Å². The van der Waals surface area contributed by atoms with Crippen LogP contribution in [0.15, 0.2) is 16.6 Å². The molecule has 1 rings (SSSR count). The molecule has 5 heteroatoms. The summed E-state index contributed by atoms with van der Waals surface area (Å²) in [5, 5.41) is 0. The van der Waals surface area contributed by atoms with Gasteiger partial charge in [-0.3, -0.25) is 10.2 Å². The van der Waals surface area contributed by atoms with Gasteiger partial charge in [-0.15, -0.1) is 0 Å². The Balaban J connectivity index is 2.34. The van der Waals surface area contributed by atoms with Gasteiger partial charge < -0.3 is 4.74 Å². The maximum absolute atomic E-state index is 10.9. The van der Waals surface area contributed by atoms with Gasteiger partial charge in [0.25, 0.3) is 0 Å². The van der Waals surface area contributed by atoms with Crippen molar-refractivity contribution in [1.29, 1.82) is 0 Å². The van der Waals surface area contributed by atoms with Crippen molar-refractivity contribution in [2.24, 2.45) is 5.84 Å². The zero-order chi connectivity index (χ0) is 13.5. The number of carbonyl (C=O) groups is 1. The number of rotatable bonds is 6. The van der Waals surface area contributed by atoms with E-state index in [4.69, 9.17) is 10.6 Å². The van der Waals surface area contributed by atoms with E-state index in [9.17, 15) is 4.79 Å². The van der Waals surface area contributed by atoms with E-state index in [0.29, 0.717) is 13.0 Å². The molecule has 0 unspecified atom stereocenters. The van der Waals surface area contributed by atoms with Gasteiger partial charge in [0.05, 0.1) is 6.61 Å². The molecule has 1 aromatic rings. The SMILES string of the molecule is Cc1cc(OCCCCC(=O)NN)cc(C)c1Br. The van der Waals surface area contributed by atoms with Gasteiger partial charge in [0, 0.05) is 10.9 Å². The lowest BCUT2D eigenvalue weighted by Gasteiger charge is -2.10. The summed E-state index contributed by atoms with van der Waals surface area (Å²) < 4.78 is 6.77. The maximum Gasteiger partial charge on any atom is 0.233 e. The number of carbonyl (C=O) groups excluding carboxylic acids is 1. The van der Waals surface area contributed by atoms with Crippen molar-refractivity contribution in [3.8, 4) is 5.75 Å². The Labute approximate surface area is 116 Å². The highest BCUT2D eigenvalue weighted by molar-refractivity contribution is 9.10. The fraction of sp³-hybridized carbons (Fsp3) is 0.462. The molecule has 0 bridgehead atoms. The first-order valence-electron chi connectivity index (χ1n) is 5.93. The van der Waals surface area contributed by atoms with Crippen LogP contribution in [0.3, 0.4) is 0 Å². The lowest BCUT2D eigenvalue weighted by molar-refractivity contribution is -0.121. The second kappa shape index (κ2) is 7.38. The number of ether oxygens (including phenoxy) is 1. The van der Waals surface area contributed by atoms with E-state index >= 15 is 0 Å². The second-order valence-electron chi connectivity index (χ2n) is 4.24. The summed E-state index contributed by atoms with van der Waals surface area (Å²) in [6.45, 7) is 4.68. The van der Waals surface area contributed by atoms with Crippen molar-refractivity contribution >= 4 is 21.8 Å². The van der Waals surface area contributed by atoms with Crippen LogP contribution in [0, 0.1) is 13.8 Å². The number of hydrogen-bond acceptors (Lipinski definition) is 3. The molecule has 18 heavy (non-hydrogen) atoms. The number of benzene rings is 1. The number of hydrazine groups is 1. The molecule has 0 saturated heterocycles. The van der Waals surface area contributed by atoms with E-state index in [1.54, 1.807) is 0 Å². The third-order valence-electron chi connectivity index (χ3n) is 2.64. The molecule has 1 amide bonds. The fourth-order valence-corrected chi connectivity index (χ4v) is 1.87. The van der Waals surface area contributed by atoms with Crippen LogP contribution in [-0.4, -0.2) is 12.5 Å². The number of nitrogens with one attached hydrogen (secondary N) is 1. The molecule has 100 valence electrons. The van der Waals surface area contributed by atoms with Gasteiger partial charge in [0.15, 0.2) is 0 Å². The van der Waals surface area contributed by atoms with Crippen LogP contribution in [0.4, 0.5) is 0 Å². The Morgan fingerprint density at radius 3 is 2.50 bits per heavy atom. The Bertz CT molecular complexity index is 398. The number of hydrogen-bond donors (Lipinski definition) is 2. The summed E-state index contributed by atoms with van der Waals surface area (Å²) in [7, 11) is 0. The zero-order valence-corrected chi connectivity index (χ0v) is 12.3. The number of amides is 1. The molecule has 0 radical (unpaired) electrons. The van der Waals surface area contributed by atoms with E-state index in [-0.39, 0.29) is 5.91 Å². The fourth-order valence-electron chi connectivity index (χ4n) is 1.64. The summed E-state index contributed by atoms with van der Waals surface area (Å²) in [4.78, 5) is 10.9. The van der Waals surface area contributed by atoms with E-state index in [1.165, 1.54) is 0 Å². The number of aryl methyl sites for hydroxylation is 2. The van der Waals surface area contributed by atoms with Crippen LogP contribution in [-0.2, 0) is 4.79 Å². The van der Waals surface area contributed by atoms with Crippen LogP contribution in [0.2, 0.25) is 0 Å². The van der Waals surface area contributed by atoms with Gasteiger partial charge in [-0.1, -0.05) is 15.9 Å². The van der Waals surface area contributed by atoms with Crippen LogP contribution in [0.1, 0.15) is 30.4 Å². The summed E-state index contributed by atoms with van der Waals surface area (Å²) in [5.74, 6) is 5.73. The highest BCUT2D eigenvalue weighted by Gasteiger charge is 2.03. The zero-order valence-electron chi connectivity index (χ0n) is 10.8. The molecule has 4 nitrogen and oxygen atoms in total. The van der Waals surface area contributed by atoms with Crippen molar-refractivity contribution in [3.63, 3.8) is 0 Å². The molecule has 0 heterocycles. The third kappa shape index (κ3) is 4.66. The van der Waals surface area contributed by atoms with Crippen molar-refractivity contribution in [3.05, 3.63) is 27.7 Å². The number of unbranched alkanes of at least 4 members (excludes halogenated alkanes) is 1. The van der Waals surface area contributed by atoms with Crippen molar-refractivity contribution in [2.45, 2.75) is 33.1 Å². The Kier molecular flexibility index (Phi) is 6.15. The minimum absolute atomic E-state index is 0.134. The predicted octanol–water partition coefficient (Wildman–Crippen LogP) is 2.60. The van der Waals surface area contributed by atoms with Gasteiger partial charge in [0.1, 0.15) is 5.75 Å². The average molecular weight is 315 g/mol. The molecule has 0 aromatic heterocycles. The topological polar surface area (TPSA) is 64.3 Å². The molecule has 3 N–H and O–H groups in total. The first kappa shape index (κ1) is 15.0. The highest BCUT2D eigenvalue weighted by atomic mass is 79.9. The third-order valence-corrected chi connectivity index (χ3v) is 3.89. The minimum atomic E-state index is -0.134. The molecule has 0 aliphatic carbocycles. The second-order valence-corrected chi connectivity index (χ2v) is 5.04. The normalized spacial score (nSPS) is 10.2. The Hall–Kier alpha value is -1.07. The lowest BCUT2D eigenvalue weighted by Crippen LogP contribution is -2.29. The summed E-state index contributed by atoms with van der Waals surface area (Å²) in [6.07, 6.45) is 2.05. The summed E-state index contributed by atoms with van der Waals surface area (Å²) in [6, 6.07) is 4.01. The molecule has 1 aromatic carbocycles. The van der Waals surface area contributed by atoms with Gasteiger partial charge in [-0.2, -0.15) is 0 Å². The predicted molar refractivity (Wildman–Crippen MR) is 75.3 cm³/mol. The Morgan fingerprint density at radius 1 is 1.33 bits per heavy atom. The van der Waals surface area contributed by atoms with Gasteiger partial charge in [-0.25, -0.2) is 5.84 Å². The standard InChI is InChI=1S/C13H19BrN2O2/c1-9-7-11(8-10(2)13(9)14)18-6-4-3-5-12(17)16-15/h7-8H,3-6,15H2,1-2H3,(H,16,17). The highest BCUT2D eigenvalue weighted by Crippen LogP contribution is 2.26. The van der Waals surface area contributed by atoms with Gasteiger partial charge in [-0.05, 0) is 49.9 Å². The number of halogens is 1. The molecule has 0 spiro atoms. The van der Waals surface area contributed by atoms with E-state index < -0.39 is 0 Å². The molecule has 0 atom stereocenters. The first-order valence-corrected chi connectivity index (χ1v) is 6.73. The van der Waals surface area contributed by atoms with Gasteiger partial charge in [0.2, 0.25) is 5.91 Å². The monoisotopic (exact) mass is 314 g/mol. The van der Waals surface area contributed by atoms with E-state index in [1.807, 2.05) is 26.0 Å². The molecule has 0 fully saturated rings. The summed E-state index contributed by atoms with van der Waals surface area (Å²) in [5.41, 5.74) is 4.43. The van der Waals surface area contributed by atoms with Gasteiger partial charge >= 0.3 is 0 Å². The smallest absolute Gasteiger partial charge is 0.233 e. The van der Waals surface area contributed by atoms with Crippen molar-refractivity contribution < 1.29 is 9.53 Å². The summed E-state index contributed by atoms with van der Waals surface area (Å²) >= 11 is 3.52. The van der Waals surface area contributed by atoms with E-state index in [2.05, 4.69) is 21.4 Å². The van der Waals surface area contributed by atoms with Crippen LogP contribution >= 0.6 is 15.9 Å². The van der Waals surface area contributed by atoms with Crippen LogP contribution in [0.5, 0.6) is 5.75 Å². The largest absolute Gasteiger partial charge is 0.494 e. The van der Waals surface area contributed by atoms with E-state index in [0.717, 1.165) is 34.2 Å². The van der Waals surface area contributed by atoms with Crippen LogP contribution < -0.4 is 16.0 Å². The number of nitrogens with two attached hydrogens (primary N) is 1. The minimum Gasteiger partial charge on any atom is -0.494 e. The van der Waals surface area contributed by atoms with Crippen LogP contribution in [0.25, 0.3) is 0 Å². The first-order chi connectivity index (χ1) is 8.54. The van der Waals surface area contributed by atoms with Crippen molar-refractivity contribution in [1.82, 2.24) is 5.43 Å². The Morgan fingerprint density at radius 2 is 1.94 bits per heavy atom. The molecule has 0 aliphatic heterocycles. The molecular formula is C13H19BrN2O2. The molecule has 0 aliphatic rings. The maximum atomic E-state index is 10.9. The quantitative estimate of drug-likeness (QED) is 0.367. The lowest BCUT2D eigenvalue weighted by atomic mass is 10.1. The molecule has 0 saturated carbocycles. The molecular weight excluding hydrogens is 296 g/mol.